The Balaban J connectivity index is 1.93. The SMILES string of the molecule is O=C(O)CCNCCc1cccc2cccnc12. The van der Waals surface area contributed by atoms with Crippen molar-refractivity contribution < 1.29 is 9.90 Å². The van der Waals surface area contributed by atoms with E-state index in [1.165, 1.54) is 5.56 Å². The zero-order valence-corrected chi connectivity index (χ0v) is 10.1. The smallest absolute Gasteiger partial charge is 0.304 e. The average Bonchev–Trinajstić information content (AvgIpc) is 2.38. The fraction of sp³-hybridized carbons (Fsp3) is 0.286. The molecule has 2 aromatic rings. The van der Waals surface area contributed by atoms with Gasteiger partial charge in [-0.25, -0.2) is 0 Å². The van der Waals surface area contributed by atoms with Crippen molar-refractivity contribution in [3.63, 3.8) is 0 Å². The van der Waals surface area contributed by atoms with Crippen LogP contribution in [0.4, 0.5) is 0 Å². The molecule has 0 saturated heterocycles. The Morgan fingerprint density at radius 1 is 1.22 bits per heavy atom. The number of nitrogens with one attached hydrogen (secondary N) is 1. The van der Waals surface area contributed by atoms with E-state index in [-0.39, 0.29) is 6.42 Å². The third-order valence-corrected chi connectivity index (χ3v) is 2.80. The molecule has 18 heavy (non-hydrogen) atoms. The number of carbonyl (C=O) groups is 1. The molecule has 0 aliphatic rings. The second-order valence-electron chi connectivity index (χ2n) is 4.14. The zero-order chi connectivity index (χ0) is 12.8. The molecule has 0 amide bonds. The Labute approximate surface area is 106 Å². The number of nitrogens with zero attached hydrogens (tertiary/aromatic N) is 1. The molecule has 0 saturated carbocycles. The maximum absolute atomic E-state index is 10.4. The summed E-state index contributed by atoms with van der Waals surface area (Å²) >= 11 is 0. The highest BCUT2D eigenvalue weighted by Gasteiger charge is 2.01. The van der Waals surface area contributed by atoms with Crippen molar-refractivity contribution >= 4 is 16.9 Å². The summed E-state index contributed by atoms with van der Waals surface area (Å²) < 4.78 is 0. The molecular weight excluding hydrogens is 228 g/mol. The van der Waals surface area contributed by atoms with Gasteiger partial charge in [0.15, 0.2) is 0 Å². The van der Waals surface area contributed by atoms with E-state index in [1.807, 2.05) is 24.3 Å². The molecule has 1 aromatic heterocycles. The summed E-state index contributed by atoms with van der Waals surface area (Å²) in [6.45, 7) is 1.27. The predicted octanol–water partition coefficient (Wildman–Crippen LogP) is 1.84. The fourth-order valence-corrected chi connectivity index (χ4v) is 1.91. The molecule has 1 aromatic carbocycles. The lowest BCUT2D eigenvalue weighted by atomic mass is 10.1. The molecule has 0 aliphatic carbocycles. The summed E-state index contributed by atoms with van der Waals surface area (Å²) in [6, 6.07) is 10.1. The maximum Gasteiger partial charge on any atom is 0.304 e. The number of aromatic nitrogens is 1. The van der Waals surface area contributed by atoms with Crippen molar-refractivity contribution in [3.8, 4) is 0 Å². The molecular formula is C14H16N2O2. The number of hydrogen-bond acceptors (Lipinski definition) is 3. The van der Waals surface area contributed by atoms with E-state index >= 15 is 0 Å². The molecule has 94 valence electrons. The van der Waals surface area contributed by atoms with Crippen LogP contribution in [0, 0.1) is 0 Å². The number of carboxylic acid groups (broad SMARTS) is 1. The van der Waals surface area contributed by atoms with Crippen LogP contribution in [0.1, 0.15) is 12.0 Å². The van der Waals surface area contributed by atoms with Crippen molar-refractivity contribution in [2.75, 3.05) is 13.1 Å². The van der Waals surface area contributed by atoms with Crippen LogP contribution in [0.2, 0.25) is 0 Å². The lowest BCUT2D eigenvalue weighted by Gasteiger charge is -2.06. The van der Waals surface area contributed by atoms with Crippen molar-refractivity contribution in [1.82, 2.24) is 10.3 Å². The van der Waals surface area contributed by atoms with Crippen LogP contribution < -0.4 is 5.32 Å². The Morgan fingerprint density at radius 3 is 2.89 bits per heavy atom. The van der Waals surface area contributed by atoms with E-state index in [2.05, 4.69) is 16.4 Å². The van der Waals surface area contributed by atoms with Gasteiger partial charge in [-0.1, -0.05) is 24.3 Å². The highest BCUT2D eigenvalue weighted by atomic mass is 16.4. The Bertz CT molecular complexity index is 535. The number of fused-ring (bicyclic) bond motifs is 1. The molecule has 0 unspecified atom stereocenters. The second kappa shape index (κ2) is 6.12. The van der Waals surface area contributed by atoms with Gasteiger partial charge in [-0.15, -0.1) is 0 Å². The first-order valence-electron chi connectivity index (χ1n) is 6.02. The largest absolute Gasteiger partial charge is 0.481 e. The van der Waals surface area contributed by atoms with Crippen molar-refractivity contribution in [2.24, 2.45) is 0 Å². The highest BCUT2D eigenvalue weighted by Crippen LogP contribution is 2.15. The normalized spacial score (nSPS) is 10.7. The fourth-order valence-electron chi connectivity index (χ4n) is 1.91. The van der Waals surface area contributed by atoms with Crippen LogP contribution in [0.15, 0.2) is 36.5 Å². The monoisotopic (exact) mass is 244 g/mol. The molecule has 0 spiro atoms. The number of pyridine rings is 1. The lowest BCUT2D eigenvalue weighted by Crippen LogP contribution is -2.20. The molecule has 0 bridgehead atoms. The van der Waals surface area contributed by atoms with Crippen LogP contribution >= 0.6 is 0 Å². The van der Waals surface area contributed by atoms with Gasteiger partial charge in [0.2, 0.25) is 0 Å². The summed E-state index contributed by atoms with van der Waals surface area (Å²) in [5.41, 5.74) is 2.22. The predicted molar refractivity (Wildman–Crippen MR) is 70.6 cm³/mol. The van der Waals surface area contributed by atoms with Gasteiger partial charge in [-0.2, -0.15) is 0 Å². The summed E-state index contributed by atoms with van der Waals surface area (Å²) in [6.07, 6.45) is 2.81. The van der Waals surface area contributed by atoms with Crippen LogP contribution in [0.25, 0.3) is 10.9 Å². The topological polar surface area (TPSA) is 62.2 Å². The van der Waals surface area contributed by atoms with Crippen molar-refractivity contribution in [1.29, 1.82) is 0 Å². The standard InChI is InChI=1S/C14H16N2O2/c17-13(18)7-10-15-9-6-12-4-1-3-11-5-2-8-16-14(11)12/h1-5,8,15H,6-7,9-10H2,(H,17,18). The maximum atomic E-state index is 10.4. The minimum atomic E-state index is -0.769. The van der Waals surface area contributed by atoms with E-state index in [9.17, 15) is 4.79 Å². The van der Waals surface area contributed by atoms with Gasteiger partial charge in [-0.05, 0) is 24.6 Å². The molecule has 4 nitrogen and oxygen atoms in total. The third-order valence-electron chi connectivity index (χ3n) is 2.80. The molecule has 0 atom stereocenters. The van der Waals surface area contributed by atoms with Gasteiger partial charge in [0.1, 0.15) is 0 Å². The van der Waals surface area contributed by atoms with E-state index in [0.29, 0.717) is 6.54 Å². The van der Waals surface area contributed by atoms with E-state index in [4.69, 9.17) is 5.11 Å². The van der Waals surface area contributed by atoms with Gasteiger partial charge in [0, 0.05) is 18.1 Å². The highest BCUT2D eigenvalue weighted by molar-refractivity contribution is 5.81. The van der Waals surface area contributed by atoms with Crippen LogP contribution in [-0.2, 0) is 11.2 Å². The Morgan fingerprint density at radius 2 is 2.06 bits per heavy atom. The number of hydrogen-bond donors (Lipinski definition) is 2. The molecule has 4 heteroatoms. The van der Waals surface area contributed by atoms with Crippen molar-refractivity contribution in [3.05, 3.63) is 42.1 Å². The van der Waals surface area contributed by atoms with E-state index < -0.39 is 5.97 Å². The summed E-state index contributed by atoms with van der Waals surface area (Å²) in [5, 5.41) is 12.8. The molecule has 0 aliphatic heterocycles. The van der Waals surface area contributed by atoms with Crippen molar-refractivity contribution in [2.45, 2.75) is 12.8 Å². The summed E-state index contributed by atoms with van der Waals surface area (Å²) in [7, 11) is 0. The number of para-hydroxylation sites is 1. The summed E-state index contributed by atoms with van der Waals surface area (Å²) in [5.74, 6) is -0.769. The Hall–Kier alpha value is -1.94. The summed E-state index contributed by atoms with van der Waals surface area (Å²) in [4.78, 5) is 14.7. The van der Waals surface area contributed by atoms with E-state index in [1.54, 1.807) is 6.20 Å². The number of aliphatic carboxylic acids is 1. The molecule has 0 fully saturated rings. The zero-order valence-electron chi connectivity index (χ0n) is 10.1. The van der Waals surface area contributed by atoms with Crippen LogP contribution in [-0.4, -0.2) is 29.1 Å². The first kappa shape index (κ1) is 12.5. The van der Waals surface area contributed by atoms with Gasteiger partial charge < -0.3 is 10.4 Å². The molecule has 0 radical (unpaired) electrons. The first-order chi connectivity index (χ1) is 8.77. The quantitative estimate of drug-likeness (QED) is 0.761. The molecule has 2 N–H and O–H groups in total. The number of carboxylic acids is 1. The third kappa shape index (κ3) is 3.28. The van der Waals surface area contributed by atoms with Gasteiger partial charge >= 0.3 is 5.97 Å². The Kier molecular flexibility index (Phi) is 4.25. The number of benzene rings is 1. The van der Waals surface area contributed by atoms with Crippen LogP contribution in [0.5, 0.6) is 0 Å². The number of rotatable bonds is 6. The minimum Gasteiger partial charge on any atom is -0.481 e. The molecule has 2 rings (SSSR count). The first-order valence-corrected chi connectivity index (χ1v) is 6.02. The average molecular weight is 244 g/mol. The minimum absolute atomic E-state index is 0.161. The molecule has 1 heterocycles. The van der Waals surface area contributed by atoms with Gasteiger partial charge in [0.25, 0.3) is 0 Å². The lowest BCUT2D eigenvalue weighted by molar-refractivity contribution is -0.136. The van der Waals surface area contributed by atoms with Crippen LogP contribution in [0.3, 0.4) is 0 Å². The second-order valence-corrected chi connectivity index (χ2v) is 4.14. The van der Waals surface area contributed by atoms with Gasteiger partial charge in [0.05, 0.1) is 11.9 Å². The van der Waals surface area contributed by atoms with E-state index in [0.717, 1.165) is 23.9 Å². The van der Waals surface area contributed by atoms with Gasteiger partial charge in [-0.3, -0.25) is 9.78 Å².